The van der Waals surface area contributed by atoms with Crippen molar-refractivity contribution in [2.75, 3.05) is 7.05 Å². The average molecular weight is 551 g/mol. The molecule has 2 N–H and O–H groups in total. The molecule has 11 heteroatoms. The predicted octanol–water partition coefficient (Wildman–Crippen LogP) is 4.03. The predicted molar refractivity (Wildman–Crippen MR) is 146 cm³/mol. The molecule has 5 rings (SSSR count). The lowest BCUT2D eigenvalue weighted by atomic mass is 9.85. The topological polar surface area (TPSA) is 111 Å². The monoisotopic (exact) mass is 550 g/mol. The van der Waals surface area contributed by atoms with Crippen molar-refractivity contribution in [1.82, 2.24) is 29.7 Å². The van der Waals surface area contributed by atoms with Gasteiger partial charge in [-0.25, -0.2) is 14.2 Å². The summed E-state index contributed by atoms with van der Waals surface area (Å²) < 4.78 is 17.9. The molecule has 0 saturated heterocycles. The Balaban J connectivity index is 1.34. The minimum atomic E-state index is -0.518. The first-order chi connectivity index (χ1) is 18.8. The molecule has 0 atom stereocenters. The fourth-order valence-corrected chi connectivity index (χ4v) is 5.37. The van der Waals surface area contributed by atoms with E-state index in [9.17, 15) is 14.4 Å². The Bertz CT molecular complexity index is 1610. The van der Waals surface area contributed by atoms with Gasteiger partial charge in [-0.05, 0) is 68.9 Å². The highest BCUT2D eigenvalue weighted by Crippen LogP contribution is 2.28. The summed E-state index contributed by atoms with van der Waals surface area (Å²) in [5.74, 6) is -0.886. The number of carbonyl (C=O) groups excluding carboxylic acids is 2. The van der Waals surface area contributed by atoms with Gasteiger partial charge in [0.2, 0.25) is 0 Å². The van der Waals surface area contributed by atoms with Gasteiger partial charge in [-0.15, -0.1) is 0 Å². The van der Waals surface area contributed by atoms with Crippen molar-refractivity contribution in [1.29, 1.82) is 0 Å². The number of carbonyl (C=O) groups is 2. The molecule has 1 aliphatic carbocycles. The zero-order valence-corrected chi connectivity index (χ0v) is 22.3. The van der Waals surface area contributed by atoms with Gasteiger partial charge in [0, 0.05) is 25.8 Å². The van der Waals surface area contributed by atoms with Gasteiger partial charge in [-0.1, -0.05) is 17.7 Å². The van der Waals surface area contributed by atoms with E-state index in [-0.39, 0.29) is 40.7 Å². The summed E-state index contributed by atoms with van der Waals surface area (Å²) in [6.45, 7) is 2.19. The molecule has 3 heterocycles. The van der Waals surface area contributed by atoms with Crippen LogP contribution in [0.3, 0.4) is 0 Å². The Morgan fingerprint density at radius 2 is 1.85 bits per heavy atom. The molecular weight excluding hydrogens is 523 g/mol. The number of nitrogens with one attached hydrogen (secondary N) is 2. The largest absolute Gasteiger partial charge is 0.354 e. The summed E-state index contributed by atoms with van der Waals surface area (Å²) in [5, 5.41) is 6.00. The van der Waals surface area contributed by atoms with Crippen LogP contribution in [-0.2, 0) is 6.54 Å². The molecule has 0 aliphatic heterocycles. The van der Waals surface area contributed by atoms with Crippen LogP contribution in [0.4, 0.5) is 4.39 Å². The van der Waals surface area contributed by atoms with Crippen molar-refractivity contribution in [3.63, 3.8) is 0 Å². The number of halogens is 2. The lowest BCUT2D eigenvalue weighted by Crippen LogP contribution is -2.39. The third-order valence-corrected chi connectivity index (χ3v) is 7.50. The van der Waals surface area contributed by atoms with E-state index < -0.39 is 5.82 Å². The number of fused-ring (bicyclic) bond motifs is 1. The van der Waals surface area contributed by atoms with E-state index in [1.807, 2.05) is 0 Å². The summed E-state index contributed by atoms with van der Waals surface area (Å²) in [6, 6.07) is 9.35. The van der Waals surface area contributed by atoms with Crippen LogP contribution in [0.5, 0.6) is 0 Å². The van der Waals surface area contributed by atoms with Gasteiger partial charge in [0.25, 0.3) is 11.8 Å². The Labute approximate surface area is 229 Å². The number of hydrogen-bond donors (Lipinski definition) is 2. The van der Waals surface area contributed by atoms with Gasteiger partial charge in [0.15, 0.2) is 0 Å². The molecule has 0 radical (unpaired) electrons. The van der Waals surface area contributed by atoms with Crippen LogP contribution in [-0.4, -0.2) is 44.0 Å². The molecule has 1 saturated carbocycles. The number of pyridine rings is 2. The number of aromatic nitrogens is 4. The molecule has 4 aromatic rings. The average Bonchev–Trinajstić information content (AvgIpc) is 3.22. The van der Waals surface area contributed by atoms with Crippen molar-refractivity contribution in [2.45, 2.75) is 45.2 Å². The molecule has 2 amide bonds. The highest BCUT2D eigenvalue weighted by molar-refractivity contribution is 6.30. The first kappa shape index (κ1) is 26.6. The number of para-hydroxylation sites is 1. The first-order valence-corrected chi connectivity index (χ1v) is 13.2. The molecule has 0 spiro atoms. The lowest BCUT2D eigenvalue weighted by Gasteiger charge is -2.29. The zero-order valence-electron chi connectivity index (χ0n) is 21.6. The van der Waals surface area contributed by atoms with Crippen molar-refractivity contribution in [3.05, 3.63) is 87.1 Å². The van der Waals surface area contributed by atoms with Crippen molar-refractivity contribution < 1.29 is 14.0 Å². The Morgan fingerprint density at radius 1 is 1.08 bits per heavy atom. The normalized spacial score (nSPS) is 17.2. The molecule has 1 aromatic carbocycles. The highest BCUT2D eigenvalue weighted by Gasteiger charge is 2.26. The molecule has 202 valence electrons. The first-order valence-electron chi connectivity index (χ1n) is 12.8. The summed E-state index contributed by atoms with van der Waals surface area (Å²) >= 11 is 6.01. The van der Waals surface area contributed by atoms with Crippen LogP contribution in [0.2, 0.25) is 5.02 Å². The SMILES string of the molecule is CNC(=O)c1ccc(-n2c(=O)n(C[C@H]3CC[C@H](NC(=O)c4cc(Cl)cnc4C)CC3)c3cccc(F)c32)cn1. The minimum absolute atomic E-state index is 0.00699. The summed E-state index contributed by atoms with van der Waals surface area (Å²) in [5.41, 5.74) is 1.95. The maximum Gasteiger partial charge on any atom is 0.333 e. The smallest absolute Gasteiger partial charge is 0.333 e. The quantitative estimate of drug-likeness (QED) is 0.376. The van der Waals surface area contributed by atoms with Gasteiger partial charge in [0.05, 0.1) is 33.7 Å². The van der Waals surface area contributed by atoms with Gasteiger partial charge in [-0.2, -0.15) is 0 Å². The standard InChI is InChI=1S/C28H28ClFN6O3/c1-16-21(12-18(29)13-32-16)26(37)34-19-8-6-17(7-9-19)15-35-24-5-3-4-22(30)25(24)36(28(35)39)20-10-11-23(33-14-20)27(38)31-2/h3-5,10-14,17,19H,6-9,15H2,1-2H3,(H,31,38)(H,34,37)/t17-,19-. The summed E-state index contributed by atoms with van der Waals surface area (Å²) in [7, 11) is 1.50. The maximum absolute atomic E-state index is 15.0. The molecule has 0 bridgehead atoms. The van der Waals surface area contributed by atoms with E-state index in [0.29, 0.717) is 34.0 Å². The van der Waals surface area contributed by atoms with Crippen molar-refractivity contribution in [3.8, 4) is 5.69 Å². The number of nitrogens with zero attached hydrogens (tertiary/aromatic N) is 4. The second kappa shape index (κ2) is 11.0. The van der Waals surface area contributed by atoms with Crippen LogP contribution in [0, 0.1) is 18.7 Å². The van der Waals surface area contributed by atoms with Gasteiger partial charge >= 0.3 is 5.69 Å². The highest BCUT2D eigenvalue weighted by atomic mass is 35.5. The van der Waals surface area contributed by atoms with E-state index in [0.717, 1.165) is 25.7 Å². The van der Waals surface area contributed by atoms with Gasteiger partial charge in [-0.3, -0.25) is 23.7 Å². The van der Waals surface area contributed by atoms with E-state index >= 15 is 4.39 Å². The molecule has 3 aromatic heterocycles. The molecule has 1 aliphatic rings. The summed E-state index contributed by atoms with van der Waals surface area (Å²) in [4.78, 5) is 46.5. The minimum Gasteiger partial charge on any atom is -0.354 e. The second-order valence-electron chi connectivity index (χ2n) is 9.79. The van der Waals surface area contributed by atoms with Gasteiger partial charge in [0.1, 0.15) is 17.0 Å². The van der Waals surface area contributed by atoms with Crippen LogP contribution in [0.25, 0.3) is 16.7 Å². The van der Waals surface area contributed by atoms with Crippen LogP contribution in [0.1, 0.15) is 52.2 Å². The number of imidazole rings is 1. The Kier molecular flexibility index (Phi) is 7.47. The van der Waals surface area contributed by atoms with Crippen LogP contribution < -0.4 is 16.3 Å². The van der Waals surface area contributed by atoms with Crippen molar-refractivity contribution in [2.24, 2.45) is 5.92 Å². The maximum atomic E-state index is 15.0. The molecule has 9 nitrogen and oxygen atoms in total. The third-order valence-electron chi connectivity index (χ3n) is 7.29. The van der Waals surface area contributed by atoms with Crippen LogP contribution in [0.15, 0.2) is 53.6 Å². The second-order valence-corrected chi connectivity index (χ2v) is 10.2. The third kappa shape index (κ3) is 5.29. The number of benzene rings is 1. The fourth-order valence-electron chi connectivity index (χ4n) is 5.21. The van der Waals surface area contributed by atoms with E-state index in [1.165, 1.54) is 36.1 Å². The fraction of sp³-hybridized carbons (Fsp3) is 0.321. The number of hydrogen-bond acceptors (Lipinski definition) is 5. The van der Waals surface area contributed by atoms with Crippen molar-refractivity contribution >= 4 is 34.4 Å². The number of rotatable bonds is 6. The number of aryl methyl sites for hydroxylation is 1. The van der Waals surface area contributed by atoms with E-state index in [4.69, 9.17) is 11.6 Å². The zero-order chi connectivity index (χ0) is 27.7. The Morgan fingerprint density at radius 3 is 2.54 bits per heavy atom. The van der Waals surface area contributed by atoms with E-state index in [2.05, 4.69) is 20.6 Å². The molecule has 39 heavy (non-hydrogen) atoms. The molecular formula is C28H28ClFN6O3. The number of amides is 2. The summed E-state index contributed by atoms with van der Waals surface area (Å²) in [6.07, 6.45) is 6.03. The molecule has 0 unspecified atom stereocenters. The van der Waals surface area contributed by atoms with Gasteiger partial charge < -0.3 is 10.6 Å². The Hall–Kier alpha value is -4.05. The lowest BCUT2D eigenvalue weighted by molar-refractivity contribution is 0.0917. The van der Waals surface area contributed by atoms with Crippen LogP contribution >= 0.6 is 11.6 Å². The molecule has 1 fully saturated rings. The van der Waals surface area contributed by atoms with E-state index in [1.54, 1.807) is 35.8 Å².